The summed E-state index contributed by atoms with van der Waals surface area (Å²) >= 11 is 1.57. The summed E-state index contributed by atoms with van der Waals surface area (Å²) in [5.41, 5.74) is 1.70. The summed E-state index contributed by atoms with van der Waals surface area (Å²) in [7, 11) is 1.41. The molecule has 0 bridgehead atoms. The minimum atomic E-state index is -0.323. The Morgan fingerprint density at radius 1 is 1.17 bits per heavy atom. The summed E-state index contributed by atoms with van der Waals surface area (Å²) in [4.78, 5) is 26.0. The Bertz CT molecular complexity index is 602. The van der Waals surface area contributed by atoms with Crippen molar-refractivity contribution in [2.75, 3.05) is 12.4 Å². The molecule has 0 saturated heterocycles. The lowest BCUT2D eigenvalue weighted by molar-refractivity contribution is -0.120. The number of fused-ring (bicyclic) bond motifs is 1. The van der Waals surface area contributed by atoms with Crippen molar-refractivity contribution < 1.29 is 14.3 Å². The molecule has 0 aliphatic heterocycles. The van der Waals surface area contributed by atoms with E-state index in [1.54, 1.807) is 11.3 Å². The van der Waals surface area contributed by atoms with Crippen molar-refractivity contribution in [1.29, 1.82) is 0 Å². The van der Waals surface area contributed by atoms with Crippen molar-refractivity contribution in [3.8, 4) is 0 Å². The van der Waals surface area contributed by atoms with Gasteiger partial charge in [0.2, 0.25) is 5.91 Å². The van der Waals surface area contributed by atoms with Crippen molar-refractivity contribution in [3.05, 3.63) is 16.0 Å². The molecule has 3 rings (SSSR count). The molecule has 1 atom stereocenters. The summed E-state index contributed by atoms with van der Waals surface area (Å²) in [6.45, 7) is 2.24. The van der Waals surface area contributed by atoms with E-state index in [1.807, 2.05) is 0 Å². The highest BCUT2D eigenvalue weighted by molar-refractivity contribution is 7.17. The van der Waals surface area contributed by atoms with Crippen molar-refractivity contribution in [2.45, 2.75) is 58.3 Å². The lowest BCUT2D eigenvalue weighted by atomic mass is 9.88. The van der Waals surface area contributed by atoms with E-state index in [9.17, 15) is 9.59 Å². The highest BCUT2D eigenvalue weighted by Gasteiger charge is 2.30. The lowest BCUT2D eigenvalue weighted by Crippen LogP contribution is -2.25. The predicted octanol–water partition coefficient (Wildman–Crippen LogP) is 4.18. The molecule has 1 aromatic heterocycles. The molecule has 0 spiro atoms. The van der Waals surface area contributed by atoms with Crippen LogP contribution >= 0.6 is 11.3 Å². The average molecular weight is 335 g/mol. The van der Waals surface area contributed by atoms with E-state index in [2.05, 4.69) is 12.2 Å². The molecule has 2 aliphatic carbocycles. The Balaban J connectivity index is 1.85. The number of nitrogens with one attached hydrogen (secondary N) is 1. The third-order valence-electron chi connectivity index (χ3n) is 5.11. The standard InChI is InChI=1S/C18H25NO3S/c1-11-8-9-13-14(10-11)23-17(15(13)18(21)22-2)19-16(20)12-6-4-3-5-7-12/h11-12H,3-10H2,1-2H3,(H,19,20). The van der Waals surface area contributed by atoms with Gasteiger partial charge in [-0.2, -0.15) is 0 Å². The number of carbonyl (C=O) groups is 2. The maximum absolute atomic E-state index is 12.6. The maximum Gasteiger partial charge on any atom is 0.341 e. The third-order valence-corrected chi connectivity index (χ3v) is 6.28. The number of thiophene rings is 1. The van der Waals surface area contributed by atoms with Crippen LogP contribution in [0.4, 0.5) is 5.00 Å². The highest BCUT2D eigenvalue weighted by Crippen LogP contribution is 2.40. The van der Waals surface area contributed by atoms with Gasteiger partial charge in [-0.05, 0) is 43.6 Å². The second-order valence-corrected chi connectivity index (χ2v) is 7.98. The maximum atomic E-state index is 12.6. The Hall–Kier alpha value is -1.36. The smallest absolute Gasteiger partial charge is 0.341 e. The first-order valence-electron chi connectivity index (χ1n) is 8.63. The molecule has 1 saturated carbocycles. The van der Waals surface area contributed by atoms with Gasteiger partial charge in [-0.3, -0.25) is 4.79 Å². The molecule has 1 amide bonds. The number of ether oxygens (including phenoxy) is 1. The van der Waals surface area contributed by atoms with Gasteiger partial charge >= 0.3 is 5.97 Å². The summed E-state index contributed by atoms with van der Waals surface area (Å²) < 4.78 is 4.97. The topological polar surface area (TPSA) is 55.4 Å². The van der Waals surface area contributed by atoms with Crippen LogP contribution in [0, 0.1) is 11.8 Å². The Morgan fingerprint density at radius 3 is 2.61 bits per heavy atom. The number of amides is 1. The summed E-state index contributed by atoms with van der Waals surface area (Å²) in [5.74, 6) is 0.471. The first-order chi connectivity index (χ1) is 11.1. The van der Waals surface area contributed by atoms with Crippen LogP contribution in [0.2, 0.25) is 0 Å². The number of hydrogen-bond donors (Lipinski definition) is 1. The third kappa shape index (κ3) is 3.44. The van der Waals surface area contributed by atoms with Gasteiger partial charge in [-0.25, -0.2) is 4.79 Å². The molecule has 4 nitrogen and oxygen atoms in total. The molecule has 1 N–H and O–H groups in total. The zero-order valence-corrected chi connectivity index (χ0v) is 14.8. The van der Waals surface area contributed by atoms with E-state index >= 15 is 0 Å². The normalized spacial score (nSPS) is 21.6. The number of hydrogen-bond acceptors (Lipinski definition) is 4. The summed E-state index contributed by atoms with van der Waals surface area (Å²) in [5, 5.41) is 3.75. The minimum Gasteiger partial charge on any atom is -0.465 e. The van der Waals surface area contributed by atoms with Gasteiger partial charge in [0.15, 0.2) is 0 Å². The molecule has 1 fully saturated rings. The van der Waals surface area contributed by atoms with Gasteiger partial charge in [0, 0.05) is 10.8 Å². The first kappa shape index (κ1) is 16.5. The Labute approximate surface area is 141 Å². The first-order valence-corrected chi connectivity index (χ1v) is 9.45. The van der Waals surface area contributed by atoms with E-state index in [0.29, 0.717) is 16.5 Å². The molecule has 2 aliphatic rings. The summed E-state index contributed by atoms with van der Waals surface area (Å²) in [6, 6.07) is 0. The van der Waals surface area contributed by atoms with Crippen LogP contribution in [0.3, 0.4) is 0 Å². The van der Waals surface area contributed by atoms with Crippen LogP contribution in [0.15, 0.2) is 0 Å². The van der Waals surface area contributed by atoms with Gasteiger partial charge in [0.1, 0.15) is 5.00 Å². The largest absolute Gasteiger partial charge is 0.465 e. The molecular formula is C18H25NO3S. The molecule has 1 unspecified atom stereocenters. The van der Waals surface area contributed by atoms with Crippen molar-refractivity contribution in [1.82, 2.24) is 0 Å². The van der Waals surface area contributed by atoms with Crippen LogP contribution in [-0.2, 0) is 22.4 Å². The fraction of sp³-hybridized carbons (Fsp3) is 0.667. The van der Waals surface area contributed by atoms with E-state index in [0.717, 1.165) is 50.5 Å². The molecule has 126 valence electrons. The zero-order chi connectivity index (χ0) is 16.4. The monoisotopic (exact) mass is 335 g/mol. The minimum absolute atomic E-state index is 0.0708. The molecule has 0 radical (unpaired) electrons. The zero-order valence-electron chi connectivity index (χ0n) is 13.9. The van der Waals surface area contributed by atoms with E-state index < -0.39 is 0 Å². The van der Waals surface area contributed by atoms with Crippen molar-refractivity contribution in [3.63, 3.8) is 0 Å². The Kier molecular flexibility index (Phi) is 5.05. The quantitative estimate of drug-likeness (QED) is 0.843. The van der Waals surface area contributed by atoms with Gasteiger partial charge in [0.05, 0.1) is 12.7 Å². The molecule has 23 heavy (non-hydrogen) atoms. The second-order valence-electron chi connectivity index (χ2n) is 6.87. The second kappa shape index (κ2) is 7.04. The van der Waals surface area contributed by atoms with Gasteiger partial charge in [-0.1, -0.05) is 26.2 Å². The fourth-order valence-electron chi connectivity index (χ4n) is 3.74. The summed E-state index contributed by atoms with van der Waals surface area (Å²) in [6.07, 6.45) is 8.37. The van der Waals surface area contributed by atoms with Crippen molar-refractivity contribution in [2.24, 2.45) is 11.8 Å². The van der Waals surface area contributed by atoms with Gasteiger partial charge in [0.25, 0.3) is 0 Å². The number of carbonyl (C=O) groups excluding carboxylic acids is 2. The van der Waals surface area contributed by atoms with Crippen LogP contribution in [0.25, 0.3) is 0 Å². The average Bonchev–Trinajstić information content (AvgIpc) is 2.91. The number of methoxy groups -OCH3 is 1. The SMILES string of the molecule is COC(=O)c1c(NC(=O)C2CCCCC2)sc2c1CCC(C)C2. The van der Waals surface area contributed by atoms with Crippen molar-refractivity contribution >= 4 is 28.2 Å². The highest BCUT2D eigenvalue weighted by atomic mass is 32.1. The van der Waals surface area contributed by atoms with Gasteiger partial charge in [-0.15, -0.1) is 11.3 Å². The lowest BCUT2D eigenvalue weighted by Gasteiger charge is -2.20. The van der Waals surface area contributed by atoms with Crippen LogP contribution in [-0.4, -0.2) is 19.0 Å². The van der Waals surface area contributed by atoms with Crippen LogP contribution < -0.4 is 5.32 Å². The molecule has 1 heterocycles. The number of rotatable bonds is 3. The molecule has 0 aromatic carbocycles. The molecular weight excluding hydrogens is 310 g/mol. The molecule has 1 aromatic rings. The van der Waals surface area contributed by atoms with Crippen LogP contribution in [0.1, 0.15) is 66.2 Å². The van der Waals surface area contributed by atoms with Gasteiger partial charge < -0.3 is 10.1 Å². The Morgan fingerprint density at radius 2 is 1.91 bits per heavy atom. The number of esters is 1. The fourth-order valence-corrected chi connectivity index (χ4v) is 5.14. The van der Waals surface area contributed by atoms with E-state index in [-0.39, 0.29) is 17.8 Å². The van der Waals surface area contributed by atoms with Crippen LogP contribution in [0.5, 0.6) is 0 Å². The number of anilines is 1. The molecule has 5 heteroatoms. The van der Waals surface area contributed by atoms with E-state index in [1.165, 1.54) is 18.4 Å². The predicted molar refractivity (Wildman–Crippen MR) is 92.1 cm³/mol. The van der Waals surface area contributed by atoms with E-state index in [4.69, 9.17) is 4.74 Å².